The molecule has 1 aliphatic heterocycles. The smallest absolute Gasteiger partial charge is 0.191 e. The molecule has 0 aliphatic carbocycles. The summed E-state index contributed by atoms with van der Waals surface area (Å²) in [5.74, 6) is 4.01. The van der Waals surface area contributed by atoms with Crippen molar-refractivity contribution in [1.29, 1.82) is 0 Å². The van der Waals surface area contributed by atoms with Gasteiger partial charge in [0.05, 0.1) is 6.54 Å². The second-order valence-electron chi connectivity index (χ2n) is 4.50. The Morgan fingerprint density at radius 3 is 2.60 bits per heavy atom. The quantitative estimate of drug-likeness (QED) is 0.266. The van der Waals surface area contributed by atoms with Crippen LogP contribution in [0.25, 0.3) is 0 Å². The molecule has 1 fully saturated rings. The van der Waals surface area contributed by atoms with Gasteiger partial charge >= 0.3 is 0 Å². The van der Waals surface area contributed by atoms with Crippen LogP contribution in [0.15, 0.2) is 34.2 Å². The number of nitrogens with zero attached hydrogens (tertiary/aromatic N) is 2. The highest BCUT2D eigenvalue weighted by molar-refractivity contribution is 14.0. The van der Waals surface area contributed by atoms with Crippen LogP contribution in [-0.4, -0.2) is 47.8 Å². The molecule has 1 heterocycles. The Hall–Kier alpha value is -0.0800. The van der Waals surface area contributed by atoms with Crippen LogP contribution in [-0.2, 0) is 0 Å². The minimum atomic E-state index is 0. The van der Waals surface area contributed by atoms with Crippen LogP contribution in [0.4, 0.5) is 0 Å². The van der Waals surface area contributed by atoms with Crippen LogP contribution in [0.3, 0.4) is 0 Å². The Kier molecular flexibility index (Phi) is 8.79. The number of hydrogen-bond acceptors (Lipinski definition) is 3. The molecular weight excluding hydrogens is 401 g/mol. The highest BCUT2D eigenvalue weighted by Crippen LogP contribution is 2.17. The lowest BCUT2D eigenvalue weighted by Crippen LogP contribution is -2.42. The van der Waals surface area contributed by atoms with E-state index < -0.39 is 0 Å². The van der Waals surface area contributed by atoms with Gasteiger partial charge in [-0.3, -0.25) is 4.99 Å². The molecule has 0 amide bonds. The number of thioether (sulfide) groups is 2. The van der Waals surface area contributed by atoms with E-state index in [9.17, 15) is 0 Å². The third-order valence-corrected chi connectivity index (χ3v) is 4.92. The fourth-order valence-electron chi connectivity index (χ4n) is 1.85. The summed E-state index contributed by atoms with van der Waals surface area (Å²) in [7, 11) is 0. The average Bonchev–Trinajstić information content (AvgIpc) is 2.46. The van der Waals surface area contributed by atoms with Crippen molar-refractivity contribution < 1.29 is 0 Å². The first kappa shape index (κ1) is 18.0. The molecule has 112 valence electrons. The first-order chi connectivity index (χ1) is 9.25. The highest BCUT2D eigenvalue weighted by atomic mass is 127. The maximum Gasteiger partial charge on any atom is 0.191 e. The molecule has 1 aromatic carbocycles. The first-order valence-corrected chi connectivity index (χ1v) is 8.72. The van der Waals surface area contributed by atoms with E-state index in [1.165, 1.54) is 10.5 Å². The SMILES string of the molecule is Cc1ccc(SCCN=C(N)N2CCSCC2)cc1.I. The summed E-state index contributed by atoms with van der Waals surface area (Å²) in [4.78, 5) is 7.96. The van der Waals surface area contributed by atoms with E-state index >= 15 is 0 Å². The van der Waals surface area contributed by atoms with Gasteiger partial charge in [0.2, 0.25) is 0 Å². The normalized spacial score (nSPS) is 15.8. The Balaban J connectivity index is 0.00000200. The second kappa shape index (κ2) is 9.78. The number of hydrogen-bond donors (Lipinski definition) is 1. The van der Waals surface area contributed by atoms with Gasteiger partial charge in [0, 0.05) is 35.2 Å². The Labute approximate surface area is 147 Å². The lowest BCUT2D eigenvalue weighted by Gasteiger charge is -2.27. The molecule has 0 aromatic heterocycles. The van der Waals surface area contributed by atoms with Gasteiger partial charge in [-0.1, -0.05) is 17.7 Å². The topological polar surface area (TPSA) is 41.6 Å². The first-order valence-electron chi connectivity index (χ1n) is 6.58. The van der Waals surface area contributed by atoms with Gasteiger partial charge in [-0.2, -0.15) is 11.8 Å². The van der Waals surface area contributed by atoms with E-state index in [1.54, 1.807) is 0 Å². The summed E-state index contributed by atoms with van der Waals surface area (Å²) in [6.45, 7) is 4.96. The van der Waals surface area contributed by atoms with Gasteiger partial charge in [-0.05, 0) is 19.1 Å². The maximum atomic E-state index is 6.01. The lowest BCUT2D eigenvalue weighted by atomic mass is 10.2. The van der Waals surface area contributed by atoms with Crippen LogP contribution in [0.2, 0.25) is 0 Å². The monoisotopic (exact) mass is 423 g/mol. The van der Waals surface area contributed by atoms with Crippen molar-refractivity contribution >= 4 is 53.5 Å². The van der Waals surface area contributed by atoms with E-state index in [1.807, 2.05) is 23.5 Å². The van der Waals surface area contributed by atoms with E-state index in [4.69, 9.17) is 5.73 Å². The zero-order valence-electron chi connectivity index (χ0n) is 11.7. The van der Waals surface area contributed by atoms with Crippen LogP contribution in [0.1, 0.15) is 5.56 Å². The molecule has 0 bridgehead atoms. The number of benzene rings is 1. The van der Waals surface area contributed by atoms with Crippen molar-refractivity contribution in [1.82, 2.24) is 4.90 Å². The van der Waals surface area contributed by atoms with Crippen molar-refractivity contribution in [3.05, 3.63) is 29.8 Å². The fourth-order valence-corrected chi connectivity index (χ4v) is 3.50. The lowest BCUT2D eigenvalue weighted by molar-refractivity contribution is 0.456. The largest absolute Gasteiger partial charge is 0.370 e. The predicted molar refractivity (Wildman–Crippen MR) is 103 cm³/mol. The molecule has 0 saturated carbocycles. The molecule has 0 radical (unpaired) electrons. The third kappa shape index (κ3) is 6.13. The Bertz CT molecular complexity index is 417. The van der Waals surface area contributed by atoms with Crippen molar-refractivity contribution in [3.8, 4) is 0 Å². The fraction of sp³-hybridized carbons (Fsp3) is 0.500. The third-order valence-electron chi connectivity index (χ3n) is 2.99. The van der Waals surface area contributed by atoms with Gasteiger partial charge in [-0.15, -0.1) is 35.7 Å². The number of aryl methyl sites for hydroxylation is 1. The van der Waals surface area contributed by atoms with Crippen LogP contribution in [0.5, 0.6) is 0 Å². The number of rotatable bonds is 4. The van der Waals surface area contributed by atoms with Crippen LogP contribution in [0, 0.1) is 6.92 Å². The highest BCUT2D eigenvalue weighted by Gasteiger charge is 2.11. The zero-order valence-corrected chi connectivity index (χ0v) is 15.7. The standard InChI is InChI=1S/C14H21N3S2.HI/c1-12-2-4-13(5-3-12)19-9-6-16-14(15)17-7-10-18-11-8-17;/h2-5H,6-11H2,1H3,(H2,15,16);1H. The van der Waals surface area contributed by atoms with Crippen molar-refractivity contribution in [2.45, 2.75) is 11.8 Å². The zero-order chi connectivity index (χ0) is 13.5. The summed E-state index contributed by atoms with van der Waals surface area (Å²) >= 11 is 3.82. The maximum absolute atomic E-state index is 6.01. The summed E-state index contributed by atoms with van der Waals surface area (Å²) < 4.78 is 0. The number of halogens is 1. The summed E-state index contributed by atoms with van der Waals surface area (Å²) in [5.41, 5.74) is 7.31. The van der Waals surface area contributed by atoms with Crippen molar-refractivity contribution in [2.24, 2.45) is 10.7 Å². The molecule has 6 heteroatoms. The minimum absolute atomic E-state index is 0. The molecule has 1 aliphatic rings. The van der Waals surface area contributed by atoms with Gasteiger partial charge in [0.1, 0.15) is 0 Å². The molecule has 0 spiro atoms. The molecule has 20 heavy (non-hydrogen) atoms. The van der Waals surface area contributed by atoms with Crippen LogP contribution >= 0.6 is 47.5 Å². The van der Waals surface area contributed by atoms with Gasteiger partial charge in [0.25, 0.3) is 0 Å². The van der Waals surface area contributed by atoms with Gasteiger partial charge in [0.15, 0.2) is 5.96 Å². The molecule has 1 aromatic rings. The summed E-state index contributed by atoms with van der Waals surface area (Å²) in [6.07, 6.45) is 0. The summed E-state index contributed by atoms with van der Waals surface area (Å²) in [6, 6.07) is 8.61. The predicted octanol–water partition coefficient (Wildman–Crippen LogP) is 3.07. The summed E-state index contributed by atoms with van der Waals surface area (Å²) in [5, 5.41) is 0. The van der Waals surface area contributed by atoms with E-state index in [0.717, 1.165) is 36.9 Å². The van der Waals surface area contributed by atoms with Crippen molar-refractivity contribution in [2.75, 3.05) is 36.9 Å². The van der Waals surface area contributed by atoms with Gasteiger partial charge in [-0.25, -0.2) is 0 Å². The number of aliphatic imine (C=N–C) groups is 1. The molecule has 0 unspecified atom stereocenters. The molecule has 2 N–H and O–H groups in total. The Morgan fingerprint density at radius 1 is 1.30 bits per heavy atom. The van der Waals surface area contributed by atoms with E-state index in [-0.39, 0.29) is 24.0 Å². The molecule has 0 atom stereocenters. The number of nitrogens with two attached hydrogens (primary N) is 1. The molecule has 2 rings (SSSR count). The Morgan fingerprint density at radius 2 is 1.95 bits per heavy atom. The number of guanidine groups is 1. The minimum Gasteiger partial charge on any atom is -0.370 e. The second-order valence-corrected chi connectivity index (χ2v) is 6.89. The van der Waals surface area contributed by atoms with Gasteiger partial charge < -0.3 is 10.6 Å². The molecule has 3 nitrogen and oxygen atoms in total. The molecule has 1 saturated heterocycles. The van der Waals surface area contributed by atoms with E-state index in [0.29, 0.717) is 5.96 Å². The van der Waals surface area contributed by atoms with Crippen LogP contribution < -0.4 is 5.73 Å². The molecular formula is C14H22IN3S2. The average molecular weight is 423 g/mol. The van der Waals surface area contributed by atoms with E-state index in [2.05, 4.69) is 41.1 Å². The van der Waals surface area contributed by atoms with Crippen molar-refractivity contribution in [3.63, 3.8) is 0 Å².